The summed E-state index contributed by atoms with van der Waals surface area (Å²) in [6, 6.07) is 0. The van der Waals surface area contributed by atoms with Crippen LogP contribution in [0, 0.1) is 23.7 Å². The molecular weight excluding hydrogens is 224 g/mol. The zero-order valence-electron chi connectivity index (χ0n) is 11.8. The highest BCUT2D eigenvalue weighted by atomic mass is 32.2. The molecule has 2 saturated carbocycles. The summed E-state index contributed by atoms with van der Waals surface area (Å²) >= 11 is 2.27. The highest BCUT2D eigenvalue weighted by Crippen LogP contribution is 2.34. The molecule has 0 aromatic carbocycles. The van der Waals surface area contributed by atoms with E-state index in [-0.39, 0.29) is 0 Å². The summed E-state index contributed by atoms with van der Waals surface area (Å²) in [5.74, 6) is 7.04. The van der Waals surface area contributed by atoms with Crippen LogP contribution in [0.2, 0.25) is 0 Å². The van der Waals surface area contributed by atoms with Gasteiger partial charge in [0.15, 0.2) is 0 Å². The number of hydrogen-bond donors (Lipinski definition) is 0. The Labute approximate surface area is 112 Å². The van der Waals surface area contributed by atoms with Crippen molar-refractivity contribution in [3.05, 3.63) is 0 Å². The molecule has 1 heteroatoms. The zero-order chi connectivity index (χ0) is 12.1. The molecule has 2 aliphatic carbocycles. The van der Waals surface area contributed by atoms with Crippen molar-refractivity contribution in [3.8, 4) is 0 Å². The first-order valence-corrected chi connectivity index (χ1v) is 8.97. The largest absolute Gasteiger partial charge is 0.161 e. The van der Waals surface area contributed by atoms with Crippen LogP contribution in [0.5, 0.6) is 0 Å². The molecular formula is C16H30S. The summed E-state index contributed by atoms with van der Waals surface area (Å²) in [4.78, 5) is 0. The fraction of sp³-hybridized carbons (Fsp3) is 1.00. The molecule has 0 N–H and O–H groups in total. The van der Waals surface area contributed by atoms with Gasteiger partial charge in [-0.1, -0.05) is 39.5 Å². The summed E-state index contributed by atoms with van der Waals surface area (Å²) in [7, 11) is 0. The van der Waals surface area contributed by atoms with Gasteiger partial charge < -0.3 is 0 Å². The molecule has 0 unspecified atom stereocenters. The highest BCUT2D eigenvalue weighted by molar-refractivity contribution is 7.99. The van der Waals surface area contributed by atoms with E-state index in [1.54, 1.807) is 0 Å². The second-order valence-electron chi connectivity index (χ2n) is 6.79. The van der Waals surface area contributed by atoms with E-state index in [0.29, 0.717) is 0 Å². The van der Waals surface area contributed by atoms with E-state index in [0.717, 1.165) is 23.7 Å². The molecule has 0 aromatic heterocycles. The Kier molecular flexibility index (Phi) is 5.72. The van der Waals surface area contributed by atoms with Crippen LogP contribution in [0.1, 0.15) is 65.2 Å². The molecule has 2 aliphatic rings. The Hall–Kier alpha value is 0.350. The van der Waals surface area contributed by atoms with Gasteiger partial charge in [0.1, 0.15) is 0 Å². The van der Waals surface area contributed by atoms with Gasteiger partial charge in [0.25, 0.3) is 0 Å². The van der Waals surface area contributed by atoms with E-state index < -0.39 is 0 Å². The molecule has 0 amide bonds. The van der Waals surface area contributed by atoms with Gasteiger partial charge in [-0.15, -0.1) is 0 Å². The average molecular weight is 254 g/mol. The second kappa shape index (κ2) is 7.07. The molecule has 2 fully saturated rings. The molecule has 0 nitrogen and oxygen atoms in total. The minimum Gasteiger partial charge on any atom is -0.161 e. The van der Waals surface area contributed by atoms with Crippen LogP contribution < -0.4 is 0 Å². The van der Waals surface area contributed by atoms with Gasteiger partial charge in [-0.05, 0) is 60.9 Å². The Bertz CT molecular complexity index is 176. The smallest absolute Gasteiger partial charge is 0.00390 e. The monoisotopic (exact) mass is 254 g/mol. The van der Waals surface area contributed by atoms with Crippen LogP contribution in [-0.2, 0) is 0 Å². The van der Waals surface area contributed by atoms with E-state index in [1.165, 1.54) is 62.9 Å². The molecule has 100 valence electrons. The van der Waals surface area contributed by atoms with Crippen molar-refractivity contribution >= 4 is 11.8 Å². The quantitative estimate of drug-likeness (QED) is 0.649. The predicted octanol–water partition coefficient (Wildman–Crippen LogP) is 5.37. The maximum atomic E-state index is 2.42. The van der Waals surface area contributed by atoms with Crippen molar-refractivity contribution in [1.82, 2.24) is 0 Å². The first kappa shape index (κ1) is 13.8. The van der Waals surface area contributed by atoms with Crippen molar-refractivity contribution in [2.24, 2.45) is 23.7 Å². The van der Waals surface area contributed by atoms with Crippen molar-refractivity contribution in [2.45, 2.75) is 65.2 Å². The molecule has 2 rings (SSSR count). The van der Waals surface area contributed by atoms with Crippen LogP contribution in [0.25, 0.3) is 0 Å². The van der Waals surface area contributed by atoms with Crippen molar-refractivity contribution in [2.75, 3.05) is 11.5 Å². The topological polar surface area (TPSA) is 0 Å². The van der Waals surface area contributed by atoms with E-state index in [9.17, 15) is 0 Å². The fourth-order valence-corrected chi connectivity index (χ4v) is 4.86. The van der Waals surface area contributed by atoms with Gasteiger partial charge in [-0.3, -0.25) is 0 Å². The van der Waals surface area contributed by atoms with E-state index in [1.807, 2.05) is 0 Å². The van der Waals surface area contributed by atoms with Gasteiger partial charge in [0.05, 0.1) is 0 Å². The highest BCUT2D eigenvalue weighted by Gasteiger charge is 2.20. The van der Waals surface area contributed by atoms with Gasteiger partial charge in [0.2, 0.25) is 0 Å². The predicted molar refractivity (Wildman–Crippen MR) is 79.6 cm³/mol. The third-order valence-corrected chi connectivity index (χ3v) is 6.39. The van der Waals surface area contributed by atoms with E-state index >= 15 is 0 Å². The number of thioether (sulfide) groups is 1. The summed E-state index contributed by atoms with van der Waals surface area (Å²) in [6.45, 7) is 4.85. The minimum atomic E-state index is 1.01. The first-order chi connectivity index (χ1) is 8.24. The molecule has 0 bridgehead atoms. The fourth-order valence-electron chi connectivity index (χ4n) is 3.39. The second-order valence-corrected chi connectivity index (χ2v) is 7.86. The molecule has 0 atom stereocenters. The third kappa shape index (κ3) is 4.85. The van der Waals surface area contributed by atoms with E-state index in [4.69, 9.17) is 0 Å². The maximum absolute atomic E-state index is 2.42. The van der Waals surface area contributed by atoms with Crippen molar-refractivity contribution < 1.29 is 0 Å². The van der Waals surface area contributed by atoms with Gasteiger partial charge in [-0.25, -0.2) is 0 Å². The Balaban J connectivity index is 1.54. The van der Waals surface area contributed by atoms with Crippen molar-refractivity contribution in [3.63, 3.8) is 0 Å². The molecule has 0 spiro atoms. The van der Waals surface area contributed by atoms with Crippen LogP contribution in [-0.4, -0.2) is 11.5 Å². The average Bonchev–Trinajstić information content (AvgIpc) is 2.34. The lowest BCUT2D eigenvalue weighted by molar-refractivity contribution is 0.307. The molecule has 0 aromatic rings. The lowest BCUT2D eigenvalue weighted by Gasteiger charge is -2.28. The molecule has 0 heterocycles. The summed E-state index contributed by atoms with van der Waals surface area (Å²) in [5.41, 5.74) is 0. The van der Waals surface area contributed by atoms with Crippen LogP contribution in [0.4, 0.5) is 0 Å². The Morgan fingerprint density at radius 3 is 1.35 bits per heavy atom. The summed E-state index contributed by atoms with van der Waals surface area (Å²) in [5, 5.41) is 0. The van der Waals surface area contributed by atoms with Crippen LogP contribution in [0.15, 0.2) is 0 Å². The standard InChI is InChI=1S/C16H30S/c1-13-3-7-15(8-4-13)11-17-12-16-9-5-14(2)6-10-16/h13-16H,3-12H2,1-2H3. The molecule has 0 aliphatic heterocycles. The zero-order valence-corrected chi connectivity index (χ0v) is 12.6. The molecule has 0 radical (unpaired) electrons. The Morgan fingerprint density at radius 2 is 1.00 bits per heavy atom. The van der Waals surface area contributed by atoms with Gasteiger partial charge in [-0.2, -0.15) is 11.8 Å². The minimum absolute atomic E-state index is 1.01. The molecule has 0 saturated heterocycles. The van der Waals surface area contributed by atoms with E-state index in [2.05, 4.69) is 25.6 Å². The van der Waals surface area contributed by atoms with Gasteiger partial charge in [0, 0.05) is 0 Å². The number of rotatable bonds is 4. The van der Waals surface area contributed by atoms with Crippen LogP contribution >= 0.6 is 11.8 Å². The van der Waals surface area contributed by atoms with Crippen molar-refractivity contribution in [1.29, 1.82) is 0 Å². The SMILES string of the molecule is CC1CCC(CSCC2CCC(C)CC2)CC1. The number of hydrogen-bond acceptors (Lipinski definition) is 1. The third-order valence-electron chi connectivity index (χ3n) is 4.98. The summed E-state index contributed by atoms with van der Waals surface area (Å²) < 4.78 is 0. The lowest BCUT2D eigenvalue weighted by Crippen LogP contribution is -2.17. The van der Waals surface area contributed by atoms with Gasteiger partial charge >= 0.3 is 0 Å². The first-order valence-electron chi connectivity index (χ1n) is 7.81. The lowest BCUT2D eigenvalue weighted by atomic mass is 9.84. The Morgan fingerprint density at radius 1 is 0.647 bits per heavy atom. The molecule has 17 heavy (non-hydrogen) atoms. The summed E-state index contributed by atoms with van der Waals surface area (Å²) in [6.07, 6.45) is 12.0. The normalized spacial score (nSPS) is 39.2. The maximum Gasteiger partial charge on any atom is -0.00390 e. The van der Waals surface area contributed by atoms with Crippen LogP contribution in [0.3, 0.4) is 0 Å².